The number of nitrogens with zero attached hydrogens (tertiary/aromatic N) is 3. The molecule has 0 aliphatic carbocycles. The van der Waals surface area contributed by atoms with Crippen LogP contribution >= 0.6 is 0 Å². The monoisotopic (exact) mass is 261 g/mol. The Morgan fingerprint density at radius 1 is 1.37 bits per heavy atom. The van der Waals surface area contributed by atoms with Gasteiger partial charge in [0.05, 0.1) is 30.9 Å². The Morgan fingerprint density at radius 3 is 2.58 bits per heavy atom. The van der Waals surface area contributed by atoms with Crippen LogP contribution in [0.3, 0.4) is 0 Å². The minimum absolute atomic E-state index is 0.0166. The second kappa shape index (κ2) is 4.77. The molecule has 0 bridgehead atoms. The lowest BCUT2D eigenvalue weighted by Gasteiger charge is -2.01. The molecule has 2 rings (SSSR count). The third-order valence-electron chi connectivity index (χ3n) is 2.38. The molecule has 0 aliphatic heterocycles. The standard InChI is InChI=1S/C11H11N5O3/c1-19-11(18)8-3-2-6(4-14-8)16-5-7(12)9(15-16)10(13)17/h2-5H,12H2,1H3,(H2,13,17). The maximum atomic E-state index is 11.2. The Hall–Kier alpha value is -2.90. The number of hydrogen-bond acceptors (Lipinski definition) is 6. The van der Waals surface area contributed by atoms with E-state index in [4.69, 9.17) is 11.5 Å². The summed E-state index contributed by atoms with van der Waals surface area (Å²) in [5.41, 5.74) is 11.6. The highest BCUT2D eigenvalue weighted by molar-refractivity contribution is 5.95. The number of pyridine rings is 1. The summed E-state index contributed by atoms with van der Waals surface area (Å²) in [5.74, 6) is -1.25. The van der Waals surface area contributed by atoms with Gasteiger partial charge in [0, 0.05) is 0 Å². The first-order chi connectivity index (χ1) is 9.02. The number of methoxy groups -OCH3 is 1. The Bertz CT molecular complexity index is 632. The van der Waals surface area contributed by atoms with Crippen LogP contribution in [0.15, 0.2) is 24.5 Å². The Labute approximate surface area is 108 Å². The molecule has 0 unspecified atom stereocenters. The van der Waals surface area contributed by atoms with Crippen LogP contribution < -0.4 is 11.5 Å². The zero-order valence-corrected chi connectivity index (χ0v) is 10.0. The van der Waals surface area contributed by atoms with E-state index in [1.807, 2.05) is 0 Å². The topological polar surface area (TPSA) is 126 Å². The summed E-state index contributed by atoms with van der Waals surface area (Å²) >= 11 is 0. The van der Waals surface area contributed by atoms with E-state index in [1.165, 1.54) is 30.3 Å². The summed E-state index contributed by atoms with van der Waals surface area (Å²) in [6, 6.07) is 3.07. The van der Waals surface area contributed by atoms with Gasteiger partial charge in [0.25, 0.3) is 5.91 Å². The fraction of sp³-hybridized carbons (Fsp3) is 0.0909. The number of primary amides is 1. The maximum absolute atomic E-state index is 11.2. The van der Waals surface area contributed by atoms with Crippen LogP contribution in [0.5, 0.6) is 0 Å². The summed E-state index contributed by atoms with van der Waals surface area (Å²) in [6.07, 6.45) is 2.85. The van der Waals surface area contributed by atoms with Crippen LogP contribution in [0.2, 0.25) is 0 Å². The van der Waals surface area contributed by atoms with E-state index >= 15 is 0 Å². The molecule has 0 saturated carbocycles. The Morgan fingerprint density at radius 2 is 2.11 bits per heavy atom. The Kier molecular flexibility index (Phi) is 3.15. The number of nitrogens with two attached hydrogens (primary N) is 2. The van der Waals surface area contributed by atoms with Gasteiger partial charge < -0.3 is 16.2 Å². The average molecular weight is 261 g/mol. The molecule has 0 atom stereocenters. The minimum atomic E-state index is -0.713. The molecule has 0 aliphatic rings. The molecule has 0 aromatic carbocycles. The van der Waals surface area contributed by atoms with Gasteiger partial charge in [-0.3, -0.25) is 4.79 Å². The van der Waals surface area contributed by atoms with Gasteiger partial charge in [0.2, 0.25) is 0 Å². The molecule has 98 valence electrons. The van der Waals surface area contributed by atoms with Crippen LogP contribution in [-0.4, -0.2) is 33.8 Å². The zero-order valence-electron chi connectivity index (χ0n) is 10.0. The summed E-state index contributed by atoms with van der Waals surface area (Å²) in [6.45, 7) is 0. The van der Waals surface area contributed by atoms with Crippen molar-refractivity contribution in [1.29, 1.82) is 0 Å². The third-order valence-corrected chi connectivity index (χ3v) is 2.38. The molecule has 8 heteroatoms. The largest absolute Gasteiger partial charge is 0.464 e. The highest BCUT2D eigenvalue weighted by Gasteiger charge is 2.13. The van der Waals surface area contributed by atoms with Crippen molar-refractivity contribution >= 4 is 17.6 Å². The lowest BCUT2D eigenvalue weighted by Crippen LogP contribution is -2.14. The number of ether oxygens (including phenoxy) is 1. The first-order valence-electron chi connectivity index (χ1n) is 5.22. The highest BCUT2D eigenvalue weighted by Crippen LogP contribution is 2.13. The molecular weight excluding hydrogens is 250 g/mol. The van der Waals surface area contributed by atoms with E-state index in [0.29, 0.717) is 5.69 Å². The van der Waals surface area contributed by atoms with Crippen molar-refractivity contribution in [3.63, 3.8) is 0 Å². The molecule has 0 spiro atoms. The number of carbonyl (C=O) groups is 2. The van der Waals surface area contributed by atoms with Crippen LogP contribution in [0.25, 0.3) is 5.69 Å². The number of amides is 1. The zero-order chi connectivity index (χ0) is 14.0. The molecule has 2 aromatic heterocycles. The van der Waals surface area contributed by atoms with Gasteiger partial charge in [0.15, 0.2) is 5.69 Å². The molecule has 2 heterocycles. The number of rotatable bonds is 3. The number of anilines is 1. The molecule has 0 fully saturated rings. The van der Waals surface area contributed by atoms with Crippen molar-refractivity contribution in [3.8, 4) is 5.69 Å². The molecular formula is C11H11N5O3. The molecule has 0 saturated heterocycles. The van der Waals surface area contributed by atoms with E-state index in [9.17, 15) is 9.59 Å². The Balaban J connectivity index is 2.35. The second-order valence-electron chi connectivity index (χ2n) is 3.64. The van der Waals surface area contributed by atoms with Crippen LogP contribution in [0, 0.1) is 0 Å². The fourth-order valence-corrected chi connectivity index (χ4v) is 1.46. The maximum Gasteiger partial charge on any atom is 0.356 e. The van der Waals surface area contributed by atoms with Gasteiger partial charge >= 0.3 is 5.97 Å². The van der Waals surface area contributed by atoms with Crippen molar-refractivity contribution < 1.29 is 14.3 Å². The molecule has 19 heavy (non-hydrogen) atoms. The predicted molar refractivity (Wildman–Crippen MR) is 65.6 cm³/mol. The van der Waals surface area contributed by atoms with E-state index in [1.54, 1.807) is 6.07 Å². The van der Waals surface area contributed by atoms with Crippen molar-refractivity contribution in [2.45, 2.75) is 0 Å². The van der Waals surface area contributed by atoms with Crippen molar-refractivity contribution in [3.05, 3.63) is 35.9 Å². The van der Waals surface area contributed by atoms with Gasteiger partial charge in [-0.2, -0.15) is 5.10 Å². The van der Waals surface area contributed by atoms with Gasteiger partial charge in [-0.15, -0.1) is 0 Å². The van der Waals surface area contributed by atoms with Crippen molar-refractivity contribution in [2.75, 3.05) is 12.8 Å². The van der Waals surface area contributed by atoms with E-state index in [-0.39, 0.29) is 17.1 Å². The number of nitrogen functional groups attached to an aromatic ring is 1. The molecule has 8 nitrogen and oxygen atoms in total. The van der Waals surface area contributed by atoms with E-state index in [0.717, 1.165) is 0 Å². The molecule has 1 amide bonds. The summed E-state index contributed by atoms with van der Waals surface area (Å²) in [5, 5.41) is 3.94. The number of esters is 1. The quantitative estimate of drug-likeness (QED) is 0.732. The van der Waals surface area contributed by atoms with Gasteiger partial charge in [-0.1, -0.05) is 0 Å². The minimum Gasteiger partial charge on any atom is -0.464 e. The summed E-state index contributed by atoms with van der Waals surface area (Å²) < 4.78 is 5.88. The van der Waals surface area contributed by atoms with E-state index in [2.05, 4.69) is 14.8 Å². The van der Waals surface area contributed by atoms with Crippen molar-refractivity contribution in [1.82, 2.24) is 14.8 Å². The lowest BCUT2D eigenvalue weighted by atomic mass is 10.3. The SMILES string of the molecule is COC(=O)c1ccc(-n2cc(N)c(C(N)=O)n2)cn1. The highest BCUT2D eigenvalue weighted by atomic mass is 16.5. The van der Waals surface area contributed by atoms with Crippen LogP contribution in [0.1, 0.15) is 21.0 Å². The molecule has 2 aromatic rings. The van der Waals surface area contributed by atoms with Crippen LogP contribution in [0.4, 0.5) is 5.69 Å². The first-order valence-corrected chi connectivity index (χ1v) is 5.22. The van der Waals surface area contributed by atoms with Crippen molar-refractivity contribution in [2.24, 2.45) is 5.73 Å². The number of hydrogen-bond donors (Lipinski definition) is 2. The lowest BCUT2D eigenvalue weighted by molar-refractivity contribution is 0.0594. The second-order valence-corrected chi connectivity index (χ2v) is 3.64. The van der Waals surface area contributed by atoms with Crippen LogP contribution in [-0.2, 0) is 4.74 Å². The van der Waals surface area contributed by atoms with Gasteiger partial charge in [-0.05, 0) is 12.1 Å². The van der Waals surface area contributed by atoms with Gasteiger partial charge in [-0.25, -0.2) is 14.5 Å². The smallest absolute Gasteiger partial charge is 0.356 e. The number of carbonyl (C=O) groups excluding carboxylic acids is 2. The summed E-state index contributed by atoms with van der Waals surface area (Å²) in [7, 11) is 1.27. The third kappa shape index (κ3) is 2.37. The predicted octanol–water partition coefficient (Wildman–Crippen LogP) is -0.265. The van der Waals surface area contributed by atoms with E-state index < -0.39 is 11.9 Å². The average Bonchev–Trinajstić information content (AvgIpc) is 2.80. The molecule has 0 radical (unpaired) electrons. The fourth-order valence-electron chi connectivity index (χ4n) is 1.46. The normalized spacial score (nSPS) is 10.2. The van der Waals surface area contributed by atoms with Gasteiger partial charge in [0.1, 0.15) is 5.69 Å². The number of aromatic nitrogens is 3. The first kappa shape index (κ1) is 12.6. The summed E-state index contributed by atoms with van der Waals surface area (Å²) in [4.78, 5) is 26.2. The molecule has 4 N–H and O–H groups in total.